The second kappa shape index (κ2) is 7.98. The van der Waals surface area contributed by atoms with Crippen molar-refractivity contribution in [3.63, 3.8) is 0 Å². The summed E-state index contributed by atoms with van der Waals surface area (Å²) in [7, 11) is 1.93. The van der Waals surface area contributed by atoms with Gasteiger partial charge >= 0.3 is 6.61 Å². The lowest BCUT2D eigenvalue weighted by Crippen LogP contribution is -2.17. The molecular weight excluding hydrogens is 324 g/mol. The van der Waals surface area contributed by atoms with Gasteiger partial charge in [-0.15, -0.1) is 11.3 Å². The van der Waals surface area contributed by atoms with Crippen LogP contribution >= 0.6 is 11.3 Å². The van der Waals surface area contributed by atoms with Crippen molar-refractivity contribution in [1.82, 2.24) is 9.88 Å². The van der Waals surface area contributed by atoms with E-state index in [-0.39, 0.29) is 11.7 Å². The Bertz CT molecular complexity index is 646. The molecule has 1 N–H and O–H groups in total. The van der Waals surface area contributed by atoms with Gasteiger partial charge in [0.05, 0.1) is 5.69 Å². The van der Waals surface area contributed by atoms with Gasteiger partial charge in [-0.05, 0) is 24.7 Å². The van der Waals surface area contributed by atoms with Gasteiger partial charge in [0.2, 0.25) is 5.91 Å². The molecule has 124 valence electrons. The number of benzene rings is 1. The number of amides is 1. The van der Waals surface area contributed by atoms with Crippen LogP contribution in [0.2, 0.25) is 0 Å². The van der Waals surface area contributed by atoms with Crippen molar-refractivity contribution in [2.45, 2.75) is 26.6 Å². The molecule has 1 aromatic heterocycles. The molecule has 0 spiro atoms. The van der Waals surface area contributed by atoms with Crippen molar-refractivity contribution in [2.75, 3.05) is 12.4 Å². The molecule has 2 aromatic rings. The Morgan fingerprint density at radius 1 is 1.35 bits per heavy atom. The monoisotopic (exact) mass is 341 g/mol. The molecule has 0 saturated heterocycles. The van der Waals surface area contributed by atoms with Crippen LogP contribution in [0.5, 0.6) is 5.75 Å². The lowest BCUT2D eigenvalue weighted by molar-refractivity contribution is -0.114. The summed E-state index contributed by atoms with van der Waals surface area (Å²) in [6.45, 7) is -0.118. The molecule has 0 unspecified atom stereocenters. The highest BCUT2D eigenvalue weighted by atomic mass is 32.1. The maximum atomic E-state index is 12.1. The zero-order chi connectivity index (χ0) is 16.8. The number of halogens is 2. The van der Waals surface area contributed by atoms with E-state index in [4.69, 9.17) is 0 Å². The smallest absolute Gasteiger partial charge is 0.387 e. The first-order valence-corrected chi connectivity index (χ1v) is 7.74. The number of alkyl halides is 2. The fraction of sp³-hybridized carbons (Fsp3) is 0.333. The van der Waals surface area contributed by atoms with E-state index in [9.17, 15) is 13.6 Å². The first-order chi connectivity index (χ1) is 10.9. The molecule has 0 bridgehead atoms. The van der Waals surface area contributed by atoms with Crippen molar-refractivity contribution < 1.29 is 18.3 Å². The fourth-order valence-electron chi connectivity index (χ4n) is 2.01. The molecule has 8 heteroatoms. The summed E-state index contributed by atoms with van der Waals surface area (Å²) >= 11 is 1.38. The van der Waals surface area contributed by atoms with E-state index < -0.39 is 6.61 Å². The summed E-state index contributed by atoms with van der Waals surface area (Å²) in [4.78, 5) is 17.3. The first-order valence-electron chi connectivity index (χ1n) is 6.86. The van der Waals surface area contributed by atoms with Gasteiger partial charge in [0.25, 0.3) is 0 Å². The summed E-state index contributed by atoms with van der Waals surface area (Å²) < 4.78 is 28.5. The number of nitrogens with one attached hydrogen (secondary N) is 1. The summed E-state index contributed by atoms with van der Waals surface area (Å²) in [6.07, 6.45) is 0. The minimum absolute atomic E-state index is 0.144. The second-order valence-corrected chi connectivity index (χ2v) is 5.88. The Morgan fingerprint density at radius 2 is 2.04 bits per heavy atom. The van der Waals surface area contributed by atoms with Crippen LogP contribution in [0.3, 0.4) is 0 Å². The Kier molecular flexibility index (Phi) is 6.00. The van der Waals surface area contributed by atoms with E-state index in [0.29, 0.717) is 18.2 Å². The zero-order valence-electron chi connectivity index (χ0n) is 12.8. The van der Waals surface area contributed by atoms with Crippen LogP contribution in [0, 0.1) is 0 Å². The Morgan fingerprint density at radius 3 is 2.65 bits per heavy atom. The number of anilines is 1. The third kappa shape index (κ3) is 5.91. The third-order valence-corrected chi connectivity index (χ3v) is 3.67. The predicted octanol–water partition coefficient (Wildman–Crippen LogP) is 3.33. The van der Waals surface area contributed by atoms with Crippen molar-refractivity contribution in [3.8, 4) is 5.75 Å². The number of carbonyl (C=O) groups is 1. The van der Waals surface area contributed by atoms with E-state index in [1.165, 1.54) is 30.4 Å². The van der Waals surface area contributed by atoms with E-state index >= 15 is 0 Å². The normalized spacial score (nSPS) is 11.0. The highest BCUT2D eigenvalue weighted by Crippen LogP contribution is 2.18. The van der Waals surface area contributed by atoms with Gasteiger partial charge in [-0.3, -0.25) is 9.69 Å². The number of ether oxygens (including phenoxy) is 1. The lowest BCUT2D eigenvalue weighted by Gasteiger charge is -2.15. The molecular formula is C15H17F2N3O2S. The molecule has 23 heavy (non-hydrogen) atoms. The Hall–Kier alpha value is -2.06. The van der Waals surface area contributed by atoms with Crippen LogP contribution in [-0.4, -0.2) is 29.5 Å². The molecule has 5 nitrogen and oxygen atoms in total. The maximum Gasteiger partial charge on any atom is 0.387 e. The summed E-state index contributed by atoms with van der Waals surface area (Å²) in [6, 6.07) is 6.54. The average molecular weight is 341 g/mol. The van der Waals surface area contributed by atoms with Gasteiger partial charge in [-0.2, -0.15) is 8.78 Å². The number of nitrogens with zero attached hydrogens (tertiary/aromatic N) is 2. The zero-order valence-corrected chi connectivity index (χ0v) is 13.6. The predicted molar refractivity (Wildman–Crippen MR) is 84.7 cm³/mol. The highest BCUT2D eigenvalue weighted by molar-refractivity contribution is 7.13. The molecule has 1 amide bonds. The van der Waals surface area contributed by atoms with Gasteiger partial charge < -0.3 is 10.1 Å². The number of rotatable bonds is 7. The van der Waals surface area contributed by atoms with Crippen LogP contribution in [0.4, 0.5) is 13.9 Å². The molecule has 0 atom stereocenters. The van der Waals surface area contributed by atoms with Crippen LogP contribution < -0.4 is 10.1 Å². The van der Waals surface area contributed by atoms with Crippen LogP contribution in [0.25, 0.3) is 0 Å². The molecule has 2 rings (SSSR count). The summed E-state index contributed by atoms with van der Waals surface area (Å²) in [5.41, 5.74) is 1.84. The molecule has 0 saturated carbocycles. The summed E-state index contributed by atoms with van der Waals surface area (Å²) in [5, 5.41) is 5.11. The van der Waals surface area contributed by atoms with E-state index in [1.807, 2.05) is 17.3 Å². The van der Waals surface area contributed by atoms with Crippen molar-refractivity contribution >= 4 is 22.4 Å². The molecule has 0 aliphatic heterocycles. The van der Waals surface area contributed by atoms with E-state index in [2.05, 4.69) is 15.0 Å². The van der Waals surface area contributed by atoms with Gasteiger partial charge in [-0.25, -0.2) is 4.98 Å². The van der Waals surface area contributed by atoms with Gasteiger partial charge in [0.15, 0.2) is 5.13 Å². The molecule has 0 aliphatic carbocycles. The number of carbonyl (C=O) groups excluding carboxylic acids is 1. The number of aromatic nitrogens is 1. The average Bonchev–Trinajstić information content (AvgIpc) is 2.86. The minimum Gasteiger partial charge on any atom is -0.435 e. The van der Waals surface area contributed by atoms with E-state index in [0.717, 1.165) is 11.3 Å². The van der Waals surface area contributed by atoms with Gasteiger partial charge in [-0.1, -0.05) is 12.1 Å². The SMILES string of the molecule is CC(=O)Nc1nc(CN(C)Cc2ccc(OC(F)F)cc2)cs1. The minimum atomic E-state index is -2.81. The lowest BCUT2D eigenvalue weighted by atomic mass is 10.2. The molecule has 0 radical (unpaired) electrons. The third-order valence-electron chi connectivity index (χ3n) is 2.87. The number of hydrogen-bond acceptors (Lipinski definition) is 5. The second-order valence-electron chi connectivity index (χ2n) is 5.02. The van der Waals surface area contributed by atoms with Crippen LogP contribution in [0.1, 0.15) is 18.2 Å². The largest absolute Gasteiger partial charge is 0.435 e. The standard InChI is InChI=1S/C15H17F2N3O2S/c1-10(21)18-15-19-12(9-23-15)8-20(2)7-11-3-5-13(6-4-11)22-14(16)17/h3-6,9,14H,7-8H2,1-2H3,(H,18,19,21). The molecule has 0 aliphatic rings. The van der Waals surface area contributed by atoms with E-state index in [1.54, 1.807) is 12.1 Å². The maximum absolute atomic E-state index is 12.1. The molecule has 1 aromatic carbocycles. The van der Waals surface area contributed by atoms with Crippen molar-refractivity contribution in [3.05, 3.63) is 40.9 Å². The number of hydrogen-bond donors (Lipinski definition) is 1. The number of thiazole rings is 1. The van der Waals surface area contributed by atoms with Crippen LogP contribution in [-0.2, 0) is 17.9 Å². The summed E-state index contributed by atoms with van der Waals surface area (Å²) in [5.74, 6) is -0.00351. The van der Waals surface area contributed by atoms with Crippen molar-refractivity contribution in [1.29, 1.82) is 0 Å². The van der Waals surface area contributed by atoms with Gasteiger partial charge in [0, 0.05) is 25.4 Å². The first kappa shape index (κ1) is 17.3. The fourth-order valence-corrected chi connectivity index (χ4v) is 2.76. The Balaban J connectivity index is 1.87. The van der Waals surface area contributed by atoms with Crippen molar-refractivity contribution in [2.24, 2.45) is 0 Å². The highest BCUT2D eigenvalue weighted by Gasteiger charge is 2.08. The van der Waals surface area contributed by atoms with Gasteiger partial charge in [0.1, 0.15) is 5.75 Å². The topological polar surface area (TPSA) is 54.5 Å². The van der Waals surface area contributed by atoms with Crippen LogP contribution in [0.15, 0.2) is 29.6 Å². The quantitative estimate of drug-likeness (QED) is 0.839. The molecule has 0 fully saturated rings. The Labute approximate surface area is 136 Å². The molecule has 1 heterocycles.